The highest BCUT2D eigenvalue weighted by atomic mass is 16.2. The Bertz CT molecular complexity index is 467. The summed E-state index contributed by atoms with van der Waals surface area (Å²) in [6, 6.07) is 10.7. The van der Waals surface area contributed by atoms with Crippen LogP contribution in [0.3, 0.4) is 0 Å². The van der Waals surface area contributed by atoms with Crippen molar-refractivity contribution in [3.63, 3.8) is 0 Å². The fourth-order valence-corrected chi connectivity index (χ4v) is 3.05. The molecule has 4 heteroatoms. The standard InChI is InChI=1S/C19H31N3O/c1-16(2)15-21-11-13-22(14-12-21)19(23)20-17(3)9-10-18-7-5-4-6-8-18/h4-8,16-17H,9-15H2,1-3H3,(H,20,23). The number of urea groups is 1. The van der Waals surface area contributed by atoms with Crippen LogP contribution in [0.1, 0.15) is 32.8 Å². The van der Waals surface area contributed by atoms with Gasteiger partial charge in [0.1, 0.15) is 0 Å². The molecule has 128 valence electrons. The van der Waals surface area contributed by atoms with Gasteiger partial charge in [0.25, 0.3) is 0 Å². The molecule has 1 unspecified atom stereocenters. The van der Waals surface area contributed by atoms with Gasteiger partial charge in [0, 0.05) is 38.8 Å². The highest BCUT2D eigenvalue weighted by Crippen LogP contribution is 2.08. The third-order valence-electron chi connectivity index (χ3n) is 4.36. The van der Waals surface area contributed by atoms with Gasteiger partial charge in [0.05, 0.1) is 0 Å². The summed E-state index contributed by atoms with van der Waals surface area (Å²) in [4.78, 5) is 16.8. The molecule has 1 atom stereocenters. The van der Waals surface area contributed by atoms with E-state index < -0.39 is 0 Å². The van der Waals surface area contributed by atoms with Crippen molar-refractivity contribution in [3.05, 3.63) is 35.9 Å². The van der Waals surface area contributed by atoms with Crippen LogP contribution in [0.5, 0.6) is 0 Å². The second-order valence-corrected chi connectivity index (χ2v) is 7.06. The Kier molecular flexibility index (Phi) is 6.90. The van der Waals surface area contributed by atoms with Crippen LogP contribution < -0.4 is 5.32 Å². The lowest BCUT2D eigenvalue weighted by atomic mass is 10.1. The molecule has 1 aliphatic heterocycles. The Morgan fingerprint density at radius 3 is 2.35 bits per heavy atom. The van der Waals surface area contributed by atoms with E-state index in [1.807, 2.05) is 11.0 Å². The largest absolute Gasteiger partial charge is 0.336 e. The molecule has 2 amide bonds. The lowest BCUT2D eigenvalue weighted by molar-refractivity contribution is 0.129. The van der Waals surface area contributed by atoms with Crippen molar-refractivity contribution in [1.82, 2.24) is 15.1 Å². The van der Waals surface area contributed by atoms with Crippen LogP contribution in [0, 0.1) is 5.92 Å². The number of carbonyl (C=O) groups excluding carboxylic acids is 1. The number of amides is 2. The third kappa shape index (κ3) is 6.22. The number of aryl methyl sites for hydroxylation is 1. The first-order chi connectivity index (χ1) is 11.0. The summed E-state index contributed by atoms with van der Waals surface area (Å²) >= 11 is 0. The van der Waals surface area contributed by atoms with Gasteiger partial charge in [-0.2, -0.15) is 0 Å². The Morgan fingerprint density at radius 2 is 1.74 bits per heavy atom. The van der Waals surface area contributed by atoms with E-state index in [9.17, 15) is 4.79 Å². The number of hydrogen-bond acceptors (Lipinski definition) is 2. The topological polar surface area (TPSA) is 35.6 Å². The second-order valence-electron chi connectivity index (χ2n) is 7.06. The molecule has 1 N–H and O–H groups in total. The molecule has 1 aromatic carbocycles. The normalized spacial score (nSPS) is 17.3. The molecule has 0 radical (unpaired) electrons. The van der Waals surface area contributed by atoms with Gasteiger partial charge in [-0.3, -0.25) is 4.90 Å². The van der Waals surface area contributed by atoms with E-state index in [-0.39, 0.29) is 12.1 Å². The van der Waals surface area contributed by atoms with Crippen LogP contribution >= 0.6 is 0 Å². The van der Waals surface area contributed by atoms with E-state index >= 15 is 0 Å². The molecule has 1 aromatic rings. The van der Waals surface area contributed by atoms with Crippen molar-refractivity contribution in [1.29, 1.82) is 0 Å². The van der Waals surface area contributed by atoms with Gasteiger partial charge in [-0.25, -0.2) is 4.79 Å². The Hall–Kier alpha value is -1.55. The summed E-state index contributed by atoms with van der Waals surface area (Å²) in [6.07, 6.45) is 1.98. The zero-order valence-corrected chi connectivity index (χ0v) is 14.8. The van der Waals surface area contributed by atoms with Crippen LogP contribution in [0.15, 0.2) is 30.3 Å². The molecule has 4 nitrogen and oxygen atoms in total. The average molecular weight is 317 g/mol. The van der Waals surface area contributed by atoms with E-state index in [1.165, 1.54) is 5.56 Å². The quantitative estimate of drug-likeness (QED) is 0.875. The molecule has 2 rings (SSSR count). The fraction of sp³-hybridized carbons (Fsp3) is 0.632. The Morgan fingerprint density at radius 1 is 1.09 bits per heavy atom. The maximum atomic E-state index is 12.3. The summed E-state index contributed by atoms with van der Waals surface area (Å²) < 4.78 is 0. The SMILES string of the molecule is CC(C)CN1CCN(C(=O)NC(C)CCc2ccccc2)CC1. The predicted molar refractivity (Wildman–Crippen MR) is 95.6 cm³/mol. The van der Waals surface area contributed by atoms with E-state index in [0.717, 1.165) is 45.6 Å². The number of nitrogens with one attached hydrogen (secondary N) is 1. The smallest absolute Gasteiger partial charge is 0.317 e. The summed E-state index contributed by atoms with van der Waals surface area (Å²) in [5.41, 5.74) is 1.33. The van der Waals surface area contributed by atoms with Crippen LogP contribution in [0.25, 0.3) is 0 Å². The molecule has 1 saturated heterocycles. The lowest BCUT2D eigenvalue weighted by Crippen LogP contribution is -2.53. The van der Waals surface area contributed by atoms with E-state index in [2.05, 4.69) is 55.3 Å². The van der Waals surface area contributed by atoms with Crippen LogP contribution in [0.2, 0.25) is 0 Å². The maximum absolute atomic E-state index is 12.3. The summed E-state index contributed by atoms with van der Waals surface area (Å²) in [5, 5.41) is 3.14. The first-order valence-corrected chi connectivity index (χ1v) is 8.86. The minimum absolute atomic E-state index is 0.0924. The van der Waals surface area contributed by atoms with Gasteiger partial charge in [-0.05, 0) is 31.2 Å². The molecule has 0 bridgehead atoms. The molecule has 0 spiro atoms. The number of nitrogens with zero attached hydrogens (tertiary/aromatic N) is 2. The summed E-state index contributed by atoms with van der Waals surface area (Å²) in [6.45, 7) is 11.4. The summed E-state index contributed by atoms with van der Waals surface area (Å²) in [5.74, 6) is 0.688. The highest BCUT2D eigenvalue weighted by molar-refractivity contribution is 5.74. The monoisotopic (exact) mass is 317 g/mol. The minimum atomic E-state index is 0.0924. The van der Waals surface area contributed by atoms with Crippen molar-refractivity contribution >= 4 is 6.03 Å². The predicted octanol–water partition coefficient (Wildman–Crippen LogP) is 2.99. The number of piperazine rings is 1. The number of carbonyl (C=O) groups is 1. The van der Waals surface area contributed by atoms with Gasteiger partial charge >= 0.3 is 6.03 Å². The van der Waals surface area contributed by atoms with Gasteiger partial charge in [0.2, 0.25) is 0 Å². The molecule has 1 aliphatic rings. The Balaban J connectivity index is 1.68. The summed E-state index contributed by atoms with van der Waals surface area (Å²) in [7, 11) is 0. The first-order valence-electron chi connectivity index (χ1n) is 8.86. The van der Waals surface area contributed by atoms with Crippen molar-refractivity contribution in [2.75, 3.05) is 32.7 Å². The maximum Gasteiger partial charge on any atom is 0.317 e. The third-order valence-corrected chi connectivity index (χ3v) is 4.36. The molecule has 1 fully saturated rings. The molecule has 23 heavy (non-hydrogen) atoms. The second kappa shape index (κ2) is 8.92. The van der Waals surface area contributed by atoms with Crippen molar-refractivity contribution in [3.8, 4) is 0 Å². The average Bonchev–Trinajstić information content (AvgIpc) is 2.54. The van der Waals surface area contributed by atoms with Crippen molar-refractivity contribution in [2.45, 2.75) is 39.7 Å². The van der Waals surface area contributed by atoms with Crippen molar-refractivity contribution in [2.24, 2.45) is 5.92 Å². The van der Waals surface area contributed by atoms with Gasteiger partial charge in [0.15, 0.2) is 0 Å². The van der Waals surface area contributed by atoms with Gasteiger partial charge in [-0.1, -0.05) is 44.2 Å². The zero-order valence-electron chi connectivity index (χ0n) is 14.8. The molecule has 0 aromatic heterocycles. The van der Waals surface area contributed by atoms with Crippen molar-refractivity contribution < 1.29 is 4.79 Å². The van der Waals surface area contributed by atoms with Crippen LogP contribution in [-0.2, 0) is 6.42 Å². The number of hydrogen-bond donors (Lipinski definition) is 1. The Labute approximate surface area is 140 Å². The van der Waals surface area contributed by atoms with Crippen LogP contribution in [0.4, 0.5) is 4.79 Å². The minimum Gasteiger partial charge on any atom is -0.336 e. The van der Waals surface area contributed by atoms with Gasteiger partial charge < -0.3 is 10.2 Å². The molecular weight excluding hydrogens is 286 g/mol. The first kappa shape index (κ1) is 17.8. The molecular formula is C19H31N3O. The molecule has 1 heterocycles. The molecule has 0 aliphatic carbocycles. The van der Waals surface area contributed by atoms with E-state index in [0.29, 0.717) is 5.92 Å². The lowest BCUT2D eigenvalue weighted by Gasteiger charge is -2.36. The number of rotatable bonds is 6. The highest BCUT2D eigenvalue weighted by Gasteiger charge is 2.22. The van der Waals surface area contributed by atoms with E-state index in [1.54, 1.807) is 0 Å². The zero-order chi connectivity index (χ0) is 16.7. The van der Waals surface area contributed by atoms with E-state index in [4.69, 9.17) is 0 Å². The number of benzene rings is 1. The van der Waals surface area contributed by atoms with Gasteiger partial charge in [-0.15, -0.1) is 0 Å². The molecule has 0 saturated carbocycles. The fourth-order valence-electron chi connectivity index (χ4n) is 3.05. The van der Waals surface area contributed by atoms with Crippen LogP contribution in [-0.4, -0.2) is 54.6 Å².